The molecule has 0 aromatic heterocycles. The number of nitrogens with zero attached hydrogens (tertiary/aromatic N) is 1. The highest BCUT2D eigenvalue weighted by atomic mass is 16.3. The number of benzene rings is 10. The number of aromatic hydroxyl groups is 2. The molecule has 2 atom stereocenters. The van der Waals surface area contributed by atoms with Crippen molar-refractivity contribution >= 4 is 49.3 Å². The first-order chi connectivity index (χ1) is 31.6. The summed E-state index contributed by atoms with van der Waals surface area (Å²) in [5.41, 5.74) is 9.64. The van der Waals surface area contributed by atoms with Crippen LogP contribution in [0, 0.1) is 0 Å². The maximum absolute atomic E-state index is 12.5. The van der Waals surface area contributed by atoms with E-state index in [0.29, 0.717) is 17.9 Å². The van der Waals surface area contributed by atoms with Gasteiger partial charge in [0, 0.05) is 52.2 Å². The summed E-state index contributed by atoms with van der Waals surface area (Å²) in [6.45, 7) is 0.487. The molecule has 0 aliphatic heterocycles. The first-order valence-corrected chi connectivity index (χ1v) is 22.5. The Kier molecular flexibility index (Phi) is 10.4. The average Bonchev–Trinajstić information content (AvgIpc) is 3.35. The zero-order valence-electron chi connectivity index (χ0n) is 35.6. The number of hydrogen-bond acceptors (Lipinski definition) is 4. The van der Waals surface area contributed by atoms with E-state index < -0.39 is 0 Å². The van der Waals surface area contributed by atoms with Crippen molar-refractivity contribution in [1.82, 2.24) is 5.32 Å². The van der Waals surface area contributed by atoms with Crippen molar-refractivity contribution in [1.29, 1.82) is 0 Å². The van der Waals surface area contributed by atoms with Crippen LogP contribution < -0.4 is 5.32 Å². The number of rotatable bonds is 9. The fourth-order valence-electron chi connectivity index (χ4n) is 10.2. The SMILES string of the molecule is Oc1c(/C=N/[C@@H]2CCCCC2NCc2cc3ccccc3c(-c3c(-c4ccccc4)ccc4ccccc34)c2O)cc2ccccc2c1-c1c(-c2ccccc2)ccc2ccccc12. The second-order valence-electron chi connectivity index (χ2n) is 17.2. The predicted octanol–water partition coefficient (Wildman–Crippen LogP) is 14.9. The fraction of sp³-hybridized carbons (Fsp3) is 0.117. The third-order valence-electron chi connectivity index (χ3n) is 13.4. The van der Waals surface area contributed by atoms with Gasteiger partial charge < -0.3 is 15.5 Å². The lowest BCUT2D eigenvalue weighted by molar-refractivity contribution is 0.327. The number of aliphatic imine (C=N–C) groups is 1. The van der Waals surface area contributed by atoms with Gasteiger partial charge in [-0.1, -0.05) is 195 Å². The van der Waals surface area contributed by atoms with Crippen LogP contribution in [-0.2, 0) is 6.54 Å². The second kappa shape index (κ2) is 17.0. The molecular formula is C60H48N2O2. The summed E-state index contributed by atoms with van der Waals surface area (Å²) < 4.78 is 0. The monoisotopic (exact) mass is 828 g/mol. The van der Waals surface area contributed by atoms with E-state index in [1.807, 2.05) is 24.4 Å². The molecule has 1 saturated carbocycles. The highest BCUT2D eigenvalue weighted by Gasteiger charge is 2.27. The summed E-state index contributed by atoms with van der Waals surface area (Å²) in [5.74, 6) is 0.528. The van der Waals surface area contributed by atoms with Gasteiger partial charge in [0.2, 0.25) is 0 Å². The van der Waals surface area contributed by atoms with Crippen LogP contribution in [0.4, 0.5) is 0 Å². The number of phenols is 2. The van der Waals surface area contributed by atoms with Gasteiger partial charge in [0.05, 0.1) is 6.04 Å². The Morgan fingerprint density at radius 3 is 1.47 bits per heavy atom. The maximum Gasteiger partial charge on any atom is 0.132 e. The first kappa shape index (κ1) is 39.3. The molecule has 1 unspecified atom stereocenters. The van der Waals surface area contributed by atoms with Crippen LogP contribution in [0.2, 0.25) is 0 Å². The van der Waals surface area contributed by atoms with E-state index in [9.17, 15) is 10.2 Å². The molecular weight excluding hydrogens is 781 g/mol. The van der Waals surface area contributed by atoms with Crippen LogP contribution in [0.1, 0.15) is 36.8 Å². The minimum atomic E-state index is -0.00896. The van der Waals surface area contributed by atoms with E-state index in [2.05, 4.69) is 181 Å². The molecule has 0 heterocycles. The second-order valence-corrected chi connectivity index (χ2v) is 17.2. The number of hydrogen-bond donors (Lipinski definition) is 3. The minimum absolute atomic E-state index is 0.00896. The van der Waals surface area contributed by atoms with Crippen LogP contribution in [0.5, 0.6) is 11.5 Å². The van der Waals surface area contributed by atoms with Gasteiger partial charge in [0.25, 0.3) is 0 Å². The molecule has 4 heteroatoms. The normalized spacial score (nSPS) is 15.4. The summed E-state index contributed by atoms with van der Waals surface area (Å²) in [6.07, 6.45) is 5.99. The summed E-state index contributed by atoms with van der Waals surface area (Å²) in [4.78, 5) is 5.30. The summed E-state index contributed by atoms with van der Waals surface area (Å²) in [6, 6.07) is 67.6. The molecule has 10 aromatic rings. The van der Waals surface area contributed by atoms with Crippen molar-refractivity contribution in [3.8, 4) is 56.0 Å². The largest absolute Gasteiger partial charge is 0.507 e. The fourth-order valence-corrected chi connectivity index (χ4v) is 10.2. The van der Waals surface area contributed by atoms with Crippen molar-refractivity contribution in [2.45, 2.75) is 44.3 Å². The lowest BCUT2D eigenvalue weighted by Crippen LogP contribution is -2.40. The summed E-state index contributed by atoms with van der Waals surface area (Å²) in [5, 5.41) is 37.5. The Morgan fingerprint density at radius 2 is 0.906 bits per heavy atom. The van der Waals surface area contributed by atoms with Gasteiger partial charge >= 0.3 is 0 Å². The minimum Gasteiger partial charge on any atom is -0.507 e. The van der Waals surface area contributed by atoms with Crippen molar-refractivity contribution < 1.29 is 10.2 Å². The first-order valence-electron chi connectivity index (χ1n) is 22.5. The Balaban J connectivity index is 0.970. The molecule has 1 fully saturated rings. The Hall–Kier alpha value is -7.53. The van der Waals surface area contributed by atoms with Crippen molar-refractivity contribution in [2.75, 3.05) is 0 Å². The highest BCUT2D eigenvalue weighted by molar-refractivity contribution is 6.15. The van der Waals surface area contributed by atoms with Gasteiger partial charge in [-0.25, -0.2) is 0 Å². The molecule has 11 rings (SSSR count). The van der Waals surface area contributed by atoms with E-state index in [-0.39, 0.29) is 17.8 Å². The Morgan fingerprint density at radius 1 is 0.453 bits per heavy atom. The molecule has 4 nitrogen and oxygen atoms in total. The highest BCUT2D eigenvalue weighted by Crippen LogP contribution is 2.48. The van der Waals surface area contributed by atoms with Crippen molar-refractivity contribution in [2.24, 2.45) is 4.99 Å². The molecule has 1 aliphatic rings. The summed E-state index contributed by atoms with van der Waals surface area (Å²) >= 11 is 0. The van der Waals surface area contributed by atoms with E-state index in [1.165, 1.54) is 0 Å². The van der Waals surface area contributed by atoms with Gasteiger partial charge in [-0.05, 0) is 90.3 Å². The third-order valence-corrected chi connectivity index (χ3v) is 13.4. The van der Waals surface area contributed by atoms with Crippen LogP contribution in [-0.4, -0.2) is 28.5 Å². The third kappa shape index (κ3) is 7.16. The number of phenolic OH excluding ortho intramolecular Hbond substituents is 2. The Labute approximate surface area is 373 Å². The van der Waals surface area contributed by atoms with E-state index in [4.69, 9.17) is 4.99 Å². The van der Waals surface area contributed by atoms with Gasteiger partial charge in [0.15, 0.2) is 0 Å². The molecule has 0 bridgehead atoms. The molecule has 64 heavy (non-hydrogen) atoms. The van der Waals surface area contributed by atoms with Crippen molar-refractivity contribution in [3.05, 3.63) is 205 Å². The zero-order chi connectivity index (χ0) is 43.0. The van der Waals surface area contributed by atoms with E-state index in [1.54, 1.807) is 0 Å². The number of fused-ring (bicyclic) bond motifs is 4. The quantitative estimate of drug-likeness (QED) is 0.127. The topological polar surface area (TPSA) is 64.9 Å². The predicted molar refractivity (Wildman–Crippen MR) is 268 cm³/mol. The molecule has 3 N–H and O–H groups in total. The summed E-state index contributed by atoms with van der Waals surface area (Å²) in [7, 11) is 0. The van der Waals surface area contributed by atoms with Crippen molar-refractivity contribution in [3.63, 3.8) is 0 Å². The van der Waals surface area contributed by atoms with Gasteiger partial charge in [0.1, 0.15) is 11.5 Å². The van der Waals surface area contributed by atoms with Crippen LogP contribution in [0.3, 0.4) is 0 Å². The zero-order valence-corrected chi connectivity index (χ0v) is 35.6. The maximum atomic E-state index is 12.5. The molecule has 310 valence electrons. The average molecular weight is 829 g/mol. The van der Waals surface area contributed by atoms with Crippen LogP contribution >= 0.6 is 0 Å². The molecule has 0 radical (unpaired) electrons. The van der Waals surface area contributed by atoms with Gasteiger partial charge in [-0.2, -0.15) is 0 Å². The van der Waals surface area contributed by atoms with Gasteiger partial charge in [-0.3, -0.25) is 4.99 Å². The molecule has 1 aliphatic carbocycles. The molecule has 0 spiro atoms. The molecule has 0 saturated heterocycles. The molecule has 10 aromatic carbocycles. The lowest BCUT2D eigenvalue weighted by Gasteiger charge is -2.30. The van der Waals surface area contributed by atoms with Gasteiger partial charge in [-0.15, -0.1) is 0 Å². The van der Waals surface area contributed by atoms with E-state index in [0.717, 1.165) is 119 Å². The standard InChI is InChI=1S/C60H48N2O2/c63-59-45(35-43-23-9-13-27-49(43)57(59)55-47-25-11-7-21-41(47)31-33-51(55)39-17-3-1-4-18-39)37-61-53-29-15-16-30-54(53)62-38-46-36-44-24-10-14-28-50(44)58(60(46)64)56-48-26-12-8-22-42(48)32-34-52(56)40-19-5-2-6-20-40/h1-14,17-28,31-37,53-54,62-64H,15-16,29-30,38H2/b61-37+/t53-,54?/m1/s1. The van der Waals surface area contributed by atoms with E-state index >= 15 is 0 Å². The lowest BCUT2D eigenvalue weighted by atomic mass is 9.85. The molecule has 0 amide bonds. The Bertz CT molecular complexity index is 3380. The number of nitrogens with one attached hydrogen (secondary N) is 1. The van der Waals surface area contributed by atoms with Crippen LogP contribution in [0.15, 0.2) is 199 Å². The smallest absolute Gasteiger partial charge is 0.132 e. The van der Waals surface area contributed by atoms with Crippen LogP contribution in [0.25, 0.3) is 87.6 Å².